The molecule has 0 aromatic heterocycles. The van der Waals surface area contributed by atoms with Crippen molar-refractivity contribution in [1.82, 2.24) is 5.32 Å². The van der Waals surface area contributed by atoms with E-state index in [1.807, 2.05) is 6.92 Å². The number of amides is 1. The molecule has 0 aliphatic heterocycles. The molecule has 13 heavy (non-hydrogen) atoms. The zero-order chi connectivity index (χ0) is 10.3. The van der Waals surface area contributed by atoms with E-state index in [1.54, 1.807) is 0 Å². The quantitative estimate of drug-likeness (QED) is 0.537. The second-order valence-corrected chi connectivity index (χ2v) is 2.77. The largest absolute Gasteiger partial charge is 0.480 e. The molecule has 3 N–H and O–H groups in total. The molecule has 5 nitrogen and oxygen atoms in total. The van der Waals surface area contributed by atoms with Gasteiger partial charge in [-0.1, -0.05) is 6.92 Å². The van der Waals surface area contributed by atoms with Crippen LogP contribution in [0.4, 0.5) is 0 Å². The van der Waals surface area contributed by atoms with Crippen LogP contribution in [-0.4, -0.2) is 34.7 Å². The molecule has 0 aliphatic carbocycles. The zero-order valence-electron chi connectivity index (χ0n) is 7.62. The first kappa shape index (κ1) is 11.9. The highest BCUT2D eigenvalue weighted by Gasteiger charge is 2.06. The summed E-state index contributed by atoms with van der Waals surface area (Å²) in [5, 5.41) is 19.5. The van der Waals surface area contributed by atoms with Crippen LogP contribution in [0.2, 0.25) is 0 Å². The molecule has 0 aromatic carbocycles. The summed E-state index contributed by atoms with van der Waals surface area (Å²) in [6.45, 7) is 1.46. The van der Waals surface area contributed by atoms with Crippen LogP contribution in [0.3, 0.4) is 0 Å². The number of aliphatic hydroxyl groups excluding tert-OH is 1. The number of carboxylic acids is 1. The number of hydrogen-bond acceptors (Lipinski definition) is 3. The van der Waals surface area contributed by atoms with E-state index in [4.69, 9.17) is 10.2 Å². The Morgan fingerprint density at radius 3 is 2.54 bits per heavy atom. The molecule has 0 heterocycles. The van der Waals surface area contributed by atoms with Crippen molar-refractivity contribution in [3.05, 3.63) is 0 Å². The molecule has 0 saturated carbocycles. The third kappa shape index (κ3) is 7.27. The predicted molar refractivity (Wildman–Crippen MR) is 46.2 cm³/mol. The normalized spacial score (nSPS) is 12.2. The minimum atomic E-state index is -1.07. The summed E-state index contributed by atoms with van der Waals surface area (Å²) in [6, 6.07) is 0. The number of carboxylic acid groups (broad SMARTS) is 1. The highest BCUT2D eigenvalue weighted by atomic mass is 16.4. The average molecular weight is 189 g/mol. The molecular formula is C8H15NO4. The van der Waals surface area contributed by atoms with Crippen LogP contribution in [0.5, 0.6) is 0 Å². The molecule has 0 rings (SSSR count). The first-order valence-electron chi connectivity index (χ1n) is 4.22. The highest BCUT2D eigenvalue weighted by Crippen LogP contribution is 1.99. The molecule has 0 radical (unpaired) electrons. The number of aliphatic hydroxyl groups is 1. The van der Waals surface area contributed by atoms with E-state index >= 15 is 0 Å². The predicted octanol–water partition coefficient (Wildman–Crippen LogP) is -0.262. The Bertz CT molecular complexity index is 181. The average Bonchev–Trinajstić information content (AvgIpc) is 2.10. The Balaban J connectivity index is 3.46. The lowest BCUT2D eigenvalue weighted by Gasteiger charge is -2.06. The summed E-state index contributed by atoms with van der Waals surface area (Å²) in [4.78, 5) is 20.9. The maximum atomic E-state index is 10.9. The summed E-state index contributed by atoms with van der Waals surface area (Å²) < 4.78 is 0. The Morgan fingerprint density at radius 2 is 2.08 bits per heavy atom. The van der Waals surface area contributed by atoms with Gasteiger partial charge in [-0.05, 0) is 12.8 Å². The van der Waals surface area contributed by atoms with Crippen LogP contribution in [-0.2, 0) is 9.59 Å². The van der Waals surface area contributed by atoms with Gasteiger partial charge in [0, 0.05) is 6.42 Å². The van der Waals surface area contributed by atoms with Gasteiger partial charge in [0.05, 0.1) is 6.10 Å². The Hall–Kier alpha value is -1.10. The van der Waals surface area contributed by atoms with Gasteiger partial charge in [0.2, 0.25) is 5.91 Å². The molecule has 0 saturated heterocycles. The van der Waals surface area contributed by atoms with Gasteiger partial charge in [0.25, 0.3) is 0 Å². The molecule has 0 bridgehead atoms. The van der Waals surface area contributed by atoms with Crippen LogP contribution in [0, 0.1) is 0 Å². The van der Waals surface area contributed by atoms with E-state index in [-0.39, 0.29) is 18.9 Å². The molecule has 1 unspecified atom stereocenters. The van der Waals surface area contributed by atoms with Crippen molar-refractivity contribution in [2.45, 2.75) is 32.3 Å². The monoisotopic (exact) mass is 189 g/mol. The van der Waals surface area contributed by atoms with Crippen LogP contribution in [0.25, 0.3) is 0 Å². The Kier molecular flexibility index (Phi) is 5.88. The van der Waals surface area contributed by atoms with E-state index in [0.29, 0.717) is 12.8 Å². The van der Waals surface area contributed by atoms with E-state index in [1.165, 1.54) is 0 Å². The fraction of sp³-hybridized carbons (Fsp3) is 0.750. The van der Waals surface area contributed by atoms with E-state index < -0.39 is 12.1 Å². The van der Waals surface area contributed by atoms with Crippen LogP contribution in [0.1, 0.15) is 26.2 Å². The molecule has 0 fully saturated rings. The lowest BCUT2D eigenvalue weighted by Crippen LogP contribution is -2.29. The van der Waals surface area contributed by atoms with Gasteiger partial charge in [0.1, 0.15) is 6.54 Å². The smallest absolute Gasteiger partial charge is 0.322 e. The Morgan fingerprint density at radius 1 is 1.46 bits per heavy atom. The number of rotatable bonds is 6. The molecule has 0 aromatic rings. The van der Waals surface area contributed by atoms with Gasteiger partial charge >= 0.3 is 5.97 Å². The molecule has 1 atom stereocenters. The van der Waals surface area contributed by atoms with E-state index in [0.717, 1.165) is 0 Å². The van der Waals surface area contributed by atoms with Crippen LogP contribution in [0.15, 0.2) is 0 Å². The number of hydrogen-bond donors (Lipinski definition) is 3. The standard InChI is InChI=1S/C8H15NO4/c1-2-6(10)3-4-7(11)9-5-8(12)13/h6,10H,2-5H2,1H3,(H,9,11)(H,12,13). The number of nitrogens with one attached hydrogen (secondary N) is 1. The maximum Gasteiger partial charge on any atom is 0.322 e. The Labute approximate surface area is 76.8 Å². The highest BCUT2D eigenvalue weighted by molar-refractivity contribution is 5.80. The van der Waals surface area contributed by atoms with Crippen molar-refractivity contribution in [3.63, 3.8) is 0 Å². The van der Waals surface area contributed by atoms with Gasteiger partial charge in [-0.15, -0.1) is 0 Å². The molecule has 0 spiro atoms. The van der Waals surface area contributed by atoms with Crippen molar-refractivity contribution in [2.24, 2.45) is 0 Å². The molecule has 5 heteroatoms. The molecule has 0 aliphatic rings. The van der Waals surface area contributed by atoms with Crippen LogP contribution >= 0.6 is 0 Å². The summed E-state index contributed by atoms with van der Waals surface area (Å²) in [5.74, 6) is -1.40. The minimum Gasteiger partial charge on any atom is -0.480 e. The lowest BCUT2D eigenvalue weighted by atomic mass is 10.1. The van der Waals surface area contributed by atoms with Gasteiger partial charge in [0.15, 0.2) is 0 Å². The van der Waals surface area contributed by atoms with Crippen molar-refractivity contribution in [2.75, 3.05) is 6.54 Å². The van der Waals surface area contributed by atoms with Crippen molar-refractivity contribution < 1.29 is 19.8 Å². The molecule has 1 amide bonds. The van der Waals surface area contributed by atoms with Crippen molar-refractivity contribution >= 4 is 11.9 Å². The van der Waals surface area contributed by atoms with Gasteiger partial charge < -0.3 is 15.5 Å². The summed E-state index contributed by atoms with van der Waals surface area (Å²) >= 11 is 0. The third-order valence-electron chi connectivity index (χ3n) is 1.61. The van der Waals surface area contributed by atoms with Gasteiger partial charge in [-0.3, -0.25) is 9.59 Å². The summed E-state index contributed by atoms with van der Waals surface area (Å²) in [5.41, 5.74) is 0. The summed E-state index contributed by atoms with van der Waals surface area (Å²) in [6.07, 6.45) is 0.673. The first-order chi connectivity index (χ1) is 6.06. The SMILES string of the molecule is CCC(O)CCC(=O)NCC(=O)O. The summed E-state index contributed by atoms with van der Waals surface area (Å²) in [7, 11) is 0. The second kappa shape index (κ2) is 6.42. The number of aliphatic carboxylic acids is 1. The molecular weight excluding hydrogens is 174 g/mol. The van der Waals surface area contributed by atoms with Crippen molar-refractivity contribution in [3.8, 4) is 0 Å². The maximum absolute atomic E-state index is 10.9. The number of carbonyl (C=O) groups excluding carboxylic acids is 1. The minimum absolute atomic E-state index is 0.169. The van der Waals surface area contributed by atoms with Crippen molar-refractivity contribution in [1.29, 1.82) is 0 Å². The van der Waals surface area contributed by atoms with Gasteiger partial charge in [-0.2, -0.15) is 0 Å². The van der Waals surface area contributed by atoms with Crippen LogP contribution < -0.4 is 5.32 Å². The fourth-order valence-corrected chi connectivity index (χ4v) is 0.764. The van der Waals surface area contributed by atoms with E-state index in [2.05, 4.69) is 5.32 Å². The van der Waals surface area contributed by atoms with E-state index in [9.17, 15) is 9.59 Å². The zero-order valence-corrected chi connectivity index (χ0v) is 7.62. The third-order valence-corrected chi connectivity index (χ3v) is 1.61. The number of carbonyl (C=O) groups is 2. The lowest BCUT2D eigenvalue weighted by molar-refractivity contribution is -0.138. The molecule has 76 valence electrons. The second-order valence-electron chi connectivity index (χ2n) is 2.77. The first-order valence-corrected chi connectivity index (χ1v) is 4.22. The fourth-order valence-electron chi connectivity index (χ4n) is 0.764. The van der Waals surface area contributed by atoms with Gasteiger partial charge in [-0.25, -0.2) is 0 Å². The topological polar surface area (TPSA) is 86.6 Å².